The van der Waals surface area contributed by atoms with Crippen LogP contribution in [0.3, 0.4) is 0 Å². The Hall–Kier alpha value is -2.10. The molecule has 0 saturated heterocycles. The van der Waals surface area contributed by atoms with Gasteiger partial charge in [0.2, 0.25) is 0 Å². The van der Waals surface area contributed by atoms with Gasteiger partial charge in [-0.2, -0.15) is 9.55 Å². The van der Waals surface area contributed by atoms with Gasteiger partial charge in [-0.15, -0.1) is 0 Å². The Labute approximate surface area is 125 Å². The number of aromatic nitrogens is 4. The predicted octanol–water partition coefficient (Wildman–Crippen LogP) is 3.07. The van der Waals surface area contributed by atoms with Gasteiger partial charge in [0.15, 0.2) is 0 Å². The lowest BCUT2D eigenvalue weighted by molar-refractivity contribution is -0.696. The van der Waals surface area contributed by atoms with Crippen LogP contribution in [0.2, 0.25) is 0 Å². The first-order valence-corrected chi connectivity index (χ1v) is 7.61. The van der Waals surface area contributed by atoms with Crippen molar-refractivity contribution in [1.29, 1.82) is 0 Å². The number of rotatable bonds is 4. The first kappa shape index (κ1) is 13.9. The van der Waals surface area contributed by atoms with Crippen LogP contribution in [0.5, 0.6) is 0 Å². The van der Waals surface area contributed by atoms with E-state index in [1.165, 1.54) is 29.5 Å². The SMILES string of the molecule is CCCC[n+]1ccn(-c2nc3cc(C)c(C)cc3n2C)c1. The van der Waals surface area contributed by atoms with Crippen LogP contribution in [0, 0.1) is 13.8 Å². The maximum Gasteiger partial charge on any atom is 0.306 e. The summed E-state index contributed by atoms with van der Waals surface area (Å²) >= 11 is 0. The van der Waals surface area contributed by atoms with E-state index < -0.39 is 0 Å². The van der Waals surface area contributed by atoms with Crippen LogP contribution in [-0.4, -0.2) is 14.1 Å². The molecular weight excluding hydrogens is 260 g/mol. The molecule has 3 aromatic rings. The second-order valence-corrected chi connectivity index (χ2v) is 5.81. The summed E-state index contributed by atoms with van der Waals surface area (Å²) in [5, 5.41) is 0. The number of benzene rings is 1. The predicted molar refractivity (Wildman–Crippen MR) is 84.6 cm³/mol. The van der Waals surface area contributed by atoms with Crippen molar-refractivity contribution in [2.75, 3.05) is 0 Å². The molecule has 0 aliphatic carbocycles. The smallest absolute Gasteiger partial charge is 0.293 e. The van der Waals surface area contributed by atoms with Gasteiger partial charge in [-0.05, 0) is 43.5 Å². The van der Waals surface area contributed by atoms with Crippen LogP contribution in [-0.2, 0) is 13.6 Å². The van der Waals surface area contributed by atoms with E-state index in [2.05, 4.69) is 72.4 Å². The standard InChI is InChI=1S/C17H23N4/c1-5-6-7-20-8-9-21(12-20)17-18-15-10-13(2)14(3)11-16(15)19(17)4/h8-12H,5-7H2,1-4H3/q+1. The lowest BCUT2D eigenvalue weighted by atomic mass is 10.1. The minimum Gasteiger partial charge on any atom is -0.293 e. The Morgan fingerprint density at radius 2 is 1.95 bits per heavy atom. The molecule has 0 amide bonds. The zero-order valence-corrected chi connectivity index (χ0v) is 13.3. The molecule has 0 fully saturated rings. The summed E-state index contributed by atoms with van der Waals surface area (Å²) in [7, 11) is 2.08. The van der Waals surface area contributed by atoms with E-state index in [0.29, 0.717) is 0 Å². The summed E-state index contributed by atoms with van der Waals surface area (Å²) in [5.41, 5.74) is 4.84. The zero-order chi connectivity index (χ0) is 15.0. The third kappa shape index (κ3) is 2.46. The molecule has 4 nitrogen and oxygen atoms in total. The highest BCUT2D eigenvalue weighted by molar-refractivity contribution is 5.79. The summed E-state index contributed by atoms with van der Waals surface area (Å²) < 4.78 is 6.48. The zero-order valence-electron chi connectivity index (χ0n) is 13.3. The van der Waals surface area contributed by atoms with E-state index in [9.17, 15) is 0 Å². The molecule has 0 N–H and O–H groups in total. The highest BCUT2D eigenvalue weighted by atomic mass is 15.3. The van der Waals surface area contributed by atoms with E-state index in [1.54, 1.807) is 0 Å². The molecule has 0 aliphatic rings. The Morgan fingerprint density at radius 1 is 1.19 bits per heavy atom. The Morgan fingerprint density at radius 3 is 2.71 bits per heavy atom. The van der Waals surface area contributed by atoms with Crippen molar-refractivity contribution in [1.82, 2.24) is 14.1 Å². The molecule has 0 bridgehead atoms. The van der Waals surface area contributed by atoms with Crippen molar-refractivity contribution >= 4 is 11.0 Å². The average molecular weight is 283 g/mol. The van der Waals surface area contributed by atoms with E-state index in [4.69, 9.17) is 4.98 Å². The second-order valence-electron chi connectivity index (χ2n) is 5.81. The van der Waals surface area contributed by atoms with Gasteiger partial charge in [-0.1, -0.05) is 13.3 Å². The van der Waals surface area contributed by atoms with Gasteiger partial charge in [0, 0.05) is 7.05 Å². The molecular formula is C17H23N4+. The molecule has 0 aliphatic heterocycles. The van der Waals surface area contributed by atoms with Gasteiger partial charge in [0.25, 0.3) is 6.33 Å². The maximum absolute atomic E-state index is 4.79. The van der Waals surface area contributed by atoms with Gasteiger partial charge in [0.05, 0.1) is 17.6 Å². The summed E-state index contributed by atoms with van der Waals surface area (Å²) in [6.45, 7) is 7.56. The molecule has 0 radical (unpaired) electrons. The third-order valence-electron chi connectivity index (χ3n) is 4.16. The summed E-state index contributed by atoms with van der Waals surface area (Å²) in [6.07, 6.45) is 8.73. The molecule has 0 unspecified atom stereocenters. The van der Waals surface area contributed by atoms with Crippen LogP contribution in [0.25, 0.3) is 17.0 Å². The quantitative estimate of drug-likeness (QED) is 0.676. The molecule has 3 rings (SSSR count). The first-order chi connectivity index (χ1) is 10.1. The number of imidazole rings is 2. The van der Waals surface area contributed by atoms with Gasteiger partial charge in [0.1, 0.15) is 12.4 Å². The van der Waals surface area contributed by atoms with Crippen LogP contribution in [0.15, 0.2) is 30.9 Å². The fraction of sp³-hybridized carbons (Fsp3) is 0.412. The number of aryl methyl sites for hydroxylation is 4. The van der Waals surface area contributed by atoms with E-state index in [0.717, 1.165) is 18.0 Å². The number of fused-ring (bicyclic) bond motifs is 1. The van der Waals surface area contributed by atoms with Crippen molar-refractivity contribution in [3.05, 3.63) is 42.0 Å². The van der Waals surface area contributed by atoms with Crippen LogP contribution >= 0.6 is 0 Å². The highest BCUT2D eigenvalue weighted by Crippen LogP contribution is 2.21. The van der Waals surface area contributed by atoms with E-state index >= 15 is 0 Å². The minimum absolute atomic E-state index is 0.963. The largest absolute Gasteiger partial charge is 0.306 e. The minimum atomic E-state index is 0.963. The fourth-order valence-corrected chi connectivity index (χ4v) is 2.65. The fourth-order valence-electron chi connectivity index (χ4n) is 2.65. The molecule has 2 aromatic heterocycles. The Kier molecular flexibility index (Phi) is 3.53. The highest BCUT2D eigenvalue weighted by Gasteiger charge is 2.15. The first-order valence-electron chi connectivity index (χ1n) is 7.61. The molecule has 0 saturated carbocycles. The van der Waals surface area contributed by atoms with Gasteiger partial charge in [-0.25, -0.2) is 4.57 Å². The molecule has 2 heterocycles. The molecule has 110 valence electrons. The monoisotopic (exact) mass is 283 g/mol. The molecule has 0 atom stereocenters. The van der Waals surface area contributed by atoms with Crippen LogP contribution < -0.4 is 4.57 Å². The number of hydrogen-bond acceptors (Lipinski definition) is 1. The lowest BCUT2D eigenvalue weighted by Crippen LogP contribution is -2.30. The number of nitrogens with zero attached hydrogens (tertiary/aromatic N) is 4. The maximum atomic E-state index is 4.79. The van der Waals surface area contributed by atoms with Gasteiger partial charge < -0.3 is 0 Å². The second kappa shape index (κ2) is 5.35. The third-order valence-corrected chi connectivity index (χ3v) is 4.16. The van der Waals surface area contributed by atoms with Crippen LogP contribution in [0.1, 0.15) is 30.9 Å². The number of hydrogen-bond donors (Lipinski definition) is 0. The Balaban J connectivity index is 2.04. The average Bonchev–Trinajstić information content (AvgIpc) is 3.04. The van der Waals surface area contributed by atoms with Crippen molar-refractivity contribution < 1.29 is 4.57 Å². The van der Waals surface area contributed by atoms with Crippen molar-refractivity contribution in [3.8, 4) is 5.95 Å². The summed E-state index contributed by atoms with van der Waals surface area (Å²) in [4.78, 5) is 4.79. The molecule has 4 heteroatoms. The van der Waals surface area contributed by atoms with E-state index in [1.807, 2.05) is 0 Å². The molecule has 21 heavy (non-hydrogen) atoms. The number of unbranched alkanes of at least 4 members (excludes halogenated alkanes) is 1. The Bertz CT molecular complexity index is 780. The van der Waals surface area contributed by atoms with E-state index in [-0.39, 0.29) is 0 Å². The topological polar surface area (TPSA) is 26.6 Å². The normalized spacial score (nSPS) is 11.4. The summed E-state index contributed by atoms with van der Waals surface area (Å²) in [5.74, 6) is 0.963. The summed E-state index contributed by atoms with van der Waals surface area (Å²) in [6, 6.07) is 4.39. The van der Waals surface area contributed by atoms with Crippen LogP contribution in [0.4, 0.5) is 0 Å². The molecule has 0 spiro atoms. The lowest BCUT2D eigenvalue weighted by Gasteiger charge is -2.00. The van der Waals surface area contributed by atoms with Gasteiger partial charge in [-0.3, -0.25) is 4.57 Å². The van der Waals surface area contributed by atoms with Gasteiger partial charge >= 0.3 is 5.95 Å². The van der Waals surface area contributed by atoms with Crippen molar-refractivity contribution in [2.45, 2.75) is 40.2 Å². The van der Waals surface area contributed by atoms with Crippen molar-refractivity contribution in [2.24, 2.45) is 7.05 Å². The molecule has 1 aromatic carbocycles. The van der Waals surface area contributed by atoms with Crippen molar-refractivity contribution in [3.63, 3.8) is 0 Å².